The van der Waals surface area contributed by atoms with Gasteiger partial charge in [0.05, 0.1) is 17.1 Å². The Balaban J connectivity index is 1.14. The summed E-state index contributed by atoms with van der Waals surface area (Å²) in [5.74, 6) is -1.22. The molecule has 3 atom stereocenters. The second kappa shape index (κ2) is 13.7. The van der Waals surface area contributed by atoms with Crippen molar-refractivity contribution in [3.05, 3.63) is 83.2 Å². The largest absolute Gasteiger partial charge is 0.490 e. The molecule has 1 unspecified atom stereocenters. The lowest BCUT2D eigenvalue weighted by molar-refractivity contribution is -0.144. The minimum atomic E-state index is -5.81. The first kappa shape index (κ1) is 35.7. The Bertz CT molecular complexity index is 2130. The molecule has 2 saturated heterocycles. The van der Waals surface area contributed by atoms with Gasteiger partial charge < -0.3 is 34.5 Å². The van der Waals surface area contributed by atoms with Gasteiger partial charge in [-0.3, -0.25) is 23.7 Å². The Hall–Kier alpha value is -4.69. The molecule has 0 radical (unpaired) electrons. The smallest absolute Gasteiger partial charge is 0.399 e. The highest BCUT2D eigenvalue weighted by Crippen LogP contribution is 2.59. The molecule has 3 aliphatic heterocycles. The van der Waals surface area contributed by atoms with Gasteiger partial charge in [-0.2, -0.15) is 8.78 Å². The van der Waals surface area contributed by atoms with Gasteiger partial charge in [0.15, 0.2) is 0 Å². The first-order valence-corrected chi connectivity index (χ1v) is 19.2. The van der Waals surface area contributed by atoms with E-state index in [4.69, 9.17) is 14.5 Å². The molecule has 3 N–H and O–H groups in total. The van der Waals surface area contributed by atoms with Crippen molar-refractivity contribution in [2.24, 2.45) is 0 Å². The van der Waals surface area contributed by atoms with Crippen LogP contribution in [0.3, 0.4) is 0 Å². The predicted octanol–water partition coefficient (Wildman–Crippen LogP) is 4.93. The maximum atomic E-state index is 14.4. The number of anilines is 1. The molecule has 4 amide bonds. The number of benzene rings is 3. The molecule has 7 rings (SSSR count). The number of thiophene rings is 1. The van der Waals surface area contributed by atoms with Gasteiger partial charge in [0.25, 0.3) is 5.91 Å². The number of nitrogens with zero attached hydrogens (tertiary/aromatic N) is 3. The Kier molecular flexibility index (Phi) is 9.40. The van der Waals surface area contributed by atoms with Crippen LogP contribution in [0, 0.1) is 0 Å². The van der Waals surface area contributed by atoms with Crippen molar-refractivity contribution in [3.63, 3.8) is 0 Å². The SMILES string of the molecule is CC(=O)N1CC[C@H]2CC[C@@H](C(=O)N3CCOc4cc(-c5ccccc5)ccc43)N2C(=O)C(NC(=O)c2cc3cc(C(F)(F)P(=O)(O)O)ccc3s2)C1. The van der Waals surface area contributed by atoms with Gasteiger partial charge in [-0.1, -0.05) is 42.5 Å². The molecule has 0 bridgehead atoms. The van der Waals surface area contributed by atoms with Gasteiger partial charge in [-0.05, 0) is 66.1 Å². The molecule has 52 heavy (non-hydrogen) atoms. The van der Waals surface area contributed by atoms with E-state index in [0.29, 0.717) is 41.9 Å². The minimum Gasteiger partial charge on any atom is -0.490 e. The van der Waals surface area contributed by atoms with Gasteiger partial charge >= 0.3 is 13.3 Å². The van der Waals surface area contributed by atoms with Gasteiger partial charge in [0, 0.05) is 36.3 Å². The van der Waals surface area contributed by atoms with Crippen molar-refractivity contribution in [2.45, 2.75) is 50.0 Å². The minimum absolute atomic E-state index is 0.0567. The van der Waals surface area contributed by atoms with Gasteiger partial charge in [-0.25, -0.2) is 0 Å². The van der Waals surface area contributed by atoms with Crippen LogP contribution < -0.4 is 15.0 Å². The summed E-state index contributed by atoms with van der Waals surface area (Å²) in [5, 5.41) is 2.88. The van der Waals surface area contributed by atoms with Crippen LogP contribution in [-0.4, -0.2) is 87.6 Å². The average Bonchev–Trinajstić information content (AvgIpc) is 3.75. The van der Waals surface area contributed by atoms with Gasteiger partial charge in [0.2, 0.25) is 17.7 Å². The summed E-state index contributed by atoms with van der Waals surface area (Å²) in [7, 11) is -5.81. The third-order valence-electron chi connectivity index (χ3n) is 9.88. The Morgan fingerprint density at radius 2 is 1.73 bits per heavy atom. The highest BCUT2D eigenvalue weighted by Gasteiger charge is 2.50. The molecule has 4 heterocycles. The summed E-state index contributed by atoms with van der Waals surface area (Å²) in [6, 6.07) is 17.4. The fourth-order valence-corrected chi connectivity index (χ4v) is 8.61. The molecular formula is C36H35F2N4O8PS. The number of carbonyl (C=O) groups is 4. The number of fused-ring (bicyclic) bond motifs is 3. The van der Waals surface area contributed by atoms with Crippen molar-refractivity contribution in [1.29, 1.82) is 0 Å². The molecule has 0 aliphatic carbocycles. The summed E-state index contributed by atoms with van der Waals surface area (Å²) < 4.78 is 46.6. The third kappa shape index (κ3) is 6.58. The molecule has 12 nitrogen and oxygen atoms in total. The second-order valence-electron chi connectivity index (χ2n) is 13.1. The van der Waals surface area contributed by atoms with E-state index < -0.39 is 42.7 Å². The summed E-state index contributed by atoms with van der Waals surface area (Å²) >= 11 is 0.946. The van der Waals surface area contributed by atoms with Gasteiger partial charge in [0.1, 0.15) is 24.4 Å². The van der Waals surface area contributed by atoms with Crippen LogP contribution in [0.15, 0.2) is 72.8 Å². The monoisotopic (exact) mass is 752 g/mol. The first-order chi connectivity index (χ1) is 24.7. The van der Waals surface area contributed by atoms with Crippen LogP contribution in [0.1, 0.15) is 41.4 Å². The van der Waals surface area contributed by atoms with Crippen molar-refractivity contribution >= 4 is 58.3 Å². The quantitative estimate of drug-likeness (QED) is 0.234. The maximum Gasteiger partial charge on any atom is 0.399 e. The number of nitrogens with one attached hydrogen (secondary N) is 1. The summed E-state index contributed by atoms with van der Waals surface area (Å²) in [5.41, 5.74) is -2.81. The van der Waals surface area contributed by atoms with Crippen LogP contribution in [0.2, 0.25) is 0 Å². The molecule has 2 fully saturated rings. The average molecular weight is 753 g/mol. The van der Waals surface area contributed by atoms with Crippen molar-refractivity contribution < 1.29 is 47.0 Å². The number of hydrogen-bond acceptors (Lipinski definition) is 7. The number of ether oxygens (including phenoxy) is 1. The fourth-order valence-electron chi connectivity index (χ4n) is 7.19. The second-order valence-corrected chi connectivity index (χ2v) is 15.8. The van der Waals surface area contributed by atoms with E-state index in [1.54, 1.807) is 9.80 Å². The van der Waals surface area contributed by atoms with E-state index in [2.05, 4.69) is 5.32 Å². The van der Waals surface area contributed by atoms with E-state index >= 15 is 0 Å². The number of halogens is 2. The molecule has 3 aromatic carbocycles. The van der Waals surface area contributed by atoms with E-state index in [-0.39, 0.29) is 47.8 Å². The zero-order valence-corrected chi connectivity index (χ0v) is 29.6. The van der Waals surface area contributed by atoms with E-state index in [1.165, 1.54) is 24.0 Å². The lowest BCUT2D eigenvalue weighted by Crippen LogP contribution is -2.61. The Morgan fingerprint density at radius 1 is 0.962 bits per heavy atom. The van der Waals surface area contributed by atoms with Crippen molar-refractivity contribution in [1.82, 2.24) is 15.1 Å². The van der Waals surface area contributed by atoms with Gasteiger partial charge in [-0.15, -0.1) is 11.3 Å². The first-order valence-electron chi connectivity index (χ1n) is 16.7. The van der Waals surface area contributed by atoms with E-state index in [1.807, 2.05) is 48.5 Å². The lowest BCUT2D eigenvalue weighted by Gasteiger charge is -2.40. The third-order valence-corrected chi connectivity index (χ3v) is 12.0. The molecule has 0 saturated carbocycles. The topological polar surface area (TPSA) is 157 Å². The number of amides is 4. The summed E-state index contributed by atoms with van der Waals surface area (Å²) in [4.78, 5) is 78.0. The van der Waals surface area contributed by atoms with E-state index in [0.717, 1.165) is 34.6 Å². The number of carbonyl (C=O) groups excluding carboxylic acids is 4. The van der Waals surface area contributed by atoms with Crippen molar-refractivity contribution in [2.75, 3.05) is 31.1 Å². The summed E-state index contributed by atoms with van der Waals surface area (Å²) in [6.07, 6.45) is 1.37. The van der Waals surface area contributed by atoms with Crippen LogP contribution in [0.5, 0.6) is 5.75 Å². The molecule has 0 spiro atoms. The zero-order valence-electron chi connectivity index (χ0n) is 27.9. The highest BCUT2D eigenvalue weighted by atomic mass is 32.1. The molecule has 1 aromatic heterocycles. The number of hydrogen-bond donors (Lipinski definition) is 3. The van der Waals surface area contributed by atoms with Crippen molar-refractivity contribution in [3.8, 4) is 16.9 Å². The normalized spacial score (nSPS) is 20.8. The molecule has 3 aliphatic rings. The number of alkyl halides is 2. The highest BCUT2D eigenvalue weighted by molar-refractivity contribution is 7.52. The maximum absolute atomic E-state index is 14.4. The summed E-state index contributed by atoms with van der Waals surface area (Å²) in [6.45, 7) is 2.09. The molecule has 16 heteroatoms. The zero-order chi connectivity index (χ0) is 36.9. The van der Waals surface area contributed by atoms with Crippen LogP contribution >= 0.6 is 18.9 Å². The Labute approximate surface area is 301 Å². The van der Waals surface area contributed by atoms with E-state index in [9.17, 15) is 32.5 Å². The predicted molar refractivity (Wildman–Crippen MR) is 189 cm³/mol. The van der Waals surface area contributed by atoms with Crippen LogP contribution in [0.4, 0.5) is 14.5 Å². The van der Waals surface area contributed by atoms with Crippen LogP contribution in [-0.2, 0) is 24.6 Å². The van der Waals surface area contributed by atoms with Crippen LogP contribution in [0.25, 0.3) is 21.2 Å². The molecule has 272 valence electrons. The standard InChI is InChI=1S/C36H35F2N4O8PS/c1-21(43)40-14-13-26-9-11-29(35(46)41-15-16-50-30-18-23(7-10-28(30)41)22-5-3-2-4-6-22)42(26)34(45)27(20-40)39-33(44)32-19-24-17-25(8-12-31(24)52-32)36(37,38)51(47,48)49/h2-8,10,12,17-19,26-27,29H,9,11,13-16,20H2,1H3,(H,39,44)(H2,47,48,49)/t26-,27?,29+/m1/s1. The fraction of sp³-hybridized carbons (Fsp3) is 0.333. The molecular weight excluding hydrogens is 717 g/mol. The lowest BCUT2D eigenvalue weighted by atomic mass is 10.0. The molecule has 4 aromatic rings. The Morgan fingerprint density at radius 3 is 2.46 bits per heavy atom. The number of rotatable bonds is 6.